The lowest BCUT2D eigenvalue weighted by Gasteiger charge is -2.30. The monoisotopic (exact) mass is 397 g/mol. The molecular formula is C17H17ClFN3OS2. The Labute approximate surface area is 158 Å². The third-order valence-electron chi connectivity index (χ3n) is 3.98. The minimum absolute atomic E-state index is 0.121. The maximum atomic E-state index is 13.1. The first-order valence-corrected chi connectivity index (χ1v) is 10.1. The quantitative estimate of drug-likeness (QED) is 0.755. The van der Waals surface area contributed by atoms with Crippen molar-refractivity contribution in [2.45, 2.75) is 23.8 Å². The van der Waals surface area contributed by atoms with E-state index < -0.39 is 22.7 Å². The largest absolute Gasteiger partial charge is 0.588 e. The number of amidine groups is 1. The Morgan fingerprint density at radius 3 is 2.88 bits per heavy atom. The molecule has 0 fully saturated rings. The molecule has 0 bridgehead atoms. The van der Waals surface area contributed by atoms with Gasteiger partial charge in [-0.15, -0.1) is 0 Å². The number of nitrogens with zero attached hydrogens (tertiary/aromatic N) is 1. The van der Waals surface area contributed by atoms with Gasteiger partial charge in [0.2, 0.25) is 0 Å². The number of benzene rings is 2. The topological polar surface area (TPSA) is 73.5 Å². The van der Waals surface area contributed by atoms with Crippen LogP contribution in [0.5, 0.6) is 0 Å². The van der Waals surface area contributed by atoms with Gasteiger partial charge in [-0.1, -0.05) is 35.5 Å². The van der Waals surface area contributed by atoms with Crippen LogP contribution in [0.15, 0.2) is 52.4 Å². The van der Waals surface area contributed by atoms with E-state index in [1.54, 1.807) is 11.8 Å². The molecule has 2 aromatic carbocycles. The molecule has 1 aliphatic rings. The van der Waals surface area contributed by atoms with E-state index in [9.17, 15) is 8.94 Å². The molecule has 8 heteroatoms. The van der Waals surface area contributed by atoms with Crippen LogP contribution in [0.2, 0.25) is 5.02 Å². The molecule has 0 radical (unpaired) electrons. The average Bonchev–Trinajstić information content (AvgIpc) is 2.54. The summed E-state index contributed by atoms with van der Waals surface area (Å²) in [5, 5.41) is 0.699. The van der Waals surface area contributed by atoms with Crippen molar-refractivity contribution in [3.05, 3.63) is 58.9 Å². The van der Waals surface area contributed by atoms with Crippen molar-refractivity contribution in [3.63, 3.8) is 0 Å². The Balaban J connectivity index is 1.83. The molecule has 0 aliphatic carbocycles. The lowest BCUT2D eigenvalue weighted by Crippen LogP contribution is -2.28. The van der Waals surface area contributed by atoms with Gasteiger partial charge >= 0.3 is 0 Å². The third kappa shape index (κ3) is 4.23. The van der Waals surface area contributed by atoms with Crippen molar-refractivity contribution in [2.75, 3.05) is 10.5 Å². The third-order valence-corrected chi connectivity index (χ3v) is 6.38. The van der Waals surface area contributed by atoms with Gasteiger partial charge in [0.25, 0.3) is 0 Å². The molecule has 25 heavy (non-hydrogen) atoms. The molecule has 0 amide bonds. The number of aliphatic imine (C=N–C) groups is 1. The summed E-state index contributed by atoms with van der Waals surface area (Å²) in [6.45, 7) is 2.03. The highest BCUT2D eigenvalue weighted by molar-refractivity contribution is 8.13. The molecule has 3 N–H and O–H groups in total. The molecule has 0 aromatic heterocycles. The Morgan fingerprint density at radius 2 is 2.16 bits per heavy atom. The van der Waals surface area contributed by atoms with Crippen LogP contribution in [-0.4, -0.2) is 15.5 Å². The van der Waals surface area contributed by atoms with Gasteiger partial charge in [-0.25, -0.2) is 9.11 Å². The first kappa shape index (κ1) is 18.4. The first-order chi connectivity index (χ1) is 11.9. The van der Waals surface area contributed by atoms with E-state index in [0.717, 1.165) is 23.8 Å². The number of nitrogens with two attached hydrogens (primary N) is 1. The molecule has 0 spiro atoms. The van der Waals surface area contributed by atoms with E-state index in [2.05, 4.69) is 9.71 Å². The van der Waals surface area contributed by atoms with Crippen molar-refractivity contribution >= 4 is 45.6 Å². The summed E-state index contributed by atoms with van der Waals surface area (Å²) < 4.78 is 28.6. The number of anilines is 1. The highest BCUT2D eigenvalue weighted by Crippen LogP contribution is 2.36. The molecule has 2 atom stereocenters. The fourth-order valence-corrected chi connectivity index (χ4v) is 4.83. The first-order valence-electron chi connectivity index (χ1n) is 7.59. The fourth-order valence-electron chi connectivity index (χ4n) is 2.60. The molecule has 0 saturated heterocycles. The highest BCUT2D eigenvalue weighted by atomic mass is 35.5. The van der Waals surface area contributed by atoms with Crippen LogP contribution >= 0.6 is 23.4 Å². The summed E-state index contributed by atoms with van der Waals surface area (Å²) >= 11 is 5.92. The second-order valence-electron chi connectivity index (χ2n) is 5.85. The van der Waals surface area contributed by atoms with E-state index in [0.29, 0.717) is 15.8 Å². The second kappa shape index (κ2) is 7.45. The van der Waals surface area contributed by atoms with Gasteiger partial charge in [-0.3, -0.25) is 4.99 Å². The number of nitrogens with one attached hydrogen (secondary N) is 1. The minimum atomic E-state index is -1.60. The van der Waals surface area contributed by atoms with E-state index in [1.165, 1.54) is 12.1 Å². The normalized spacial score (nSPS) is 21.5. The van der Waals surface area contributed by atoms with Crippen LogP contribution in [0.4, 0.5) is 10.1 Å². The lowest BCUT2D eigenvalue weighted by atomic mass is 9.89. The van der Waals surface area contributed by atoms with Crippen molar-refractivity contribution in [2.24, 2.45) is 10.7 Å². The number of halogens is 2. The van der Waals surface area contributed by atoms with Gasteiger partial charge in [-0.05, 0) is 43.2 Å². The van der Waals surface area contributed by atoms with E-state index >= 15 is 0 Å². The van der Waals surface area contributed by atoms with Crippen LogP contribution in [0.3, 0.4) is 0 Å². The summed E-state index contributed by atoms with van der Waals surface area (Å²) in [6.07, 6.45) is 0.870. The van der Waals surface area contributed by atoms with Gasteiger partial charge in [0.15, 0.2) is 10.1 Å². The predicted molar refractivity (Wildman–Crippen MR) is 104 cm³/mol. The zero-order chi connectivity index (χ0) is 18.0. The van der Waals surface area contributed by atoms with E-state index in [-0.39, 0.29) is 5.02 Å². The maximum Gasteiger partial charge on any atom is 0.198 e. The van der Waals surface area contributed by atoms with Crippen LogP contribution in [0.25, 0.3) is 0 Å². The van der Waals surface area contributed by atoms with Crippen LogP contribution in [0, 0.1) is 5.82 Å². The van der Waals surface area contributed by atoms with Gasteiger partial charge in [-0.2, -0.15) is 0 Å². The van der Waals surface area contributed by atoms with Crippen molar-refractivity contribution in [1.29, 1.82) is 0 Å². The number of rotatable bonds is 4. The smallest absolute Gasteiger partial charge is 0.198 e. The minimum Gasteiger partial charge on any atom is -0.588 e. The fraction of sp³-hybridized carbons (Fsp3) is 0.235. The molecular weight excluding hydrogens is 381 g/mol. The molecule has 1 heterocycles. The van der Waals surface area contributed by atoms with Gasteiger partial charge in [0, 0.05) is 11.8 Å². The van der Waals surface area contributed by atoms with Gasteiger partial charge < -0.3 is 10.3 Å². The zero-order valence-electron chi connectivity index (χ0n) is 13.5. The summed E-state index contributed by atoms with van der Waals surface area (Å²) in [6, 6.07) is 11.4. The average molecular weight is 398 g/mol. The molecule has 3 rings (SSSR count). The van der Waals surface area contributed by atoms with Crippen LogP contribution < -0.4 is 10.5 Å². The van der Waals surface area contributed by atoms with Crippen molar-refractivity contribution in [1.82, 2.24) is 0 Å². The summed E-state index contributed by atoms with van der Waals surface area (Å²) in [4.78, 5) is 4.91. The number of hydrogen-bond acceptors (Lipinski definition) is 5. The molecule has 1 aliphatic heterocycles. The Bertz CT molecular complexity index is 820. The maximum absolute atomic E-state index is 13.1. The number of hydrogen-bond donors (Lipinski definition) is 2. The van der Waals surface area contributed by atoms with Crippen LogP contribution in [-0.2, 0) is 16.9 Å². The molecule has 2 aromatic rings. The van der Waals surface area contributed by atoms with Crippen molar-refractivity contribution in [3.8, 4) is 0 Å². The predicted octanol–water partition coefficient (Wildman–Crippen LogP) is 4.28. The van der Waals surface area contributed by atoms with Crippen LogP contribution in [0.1, 0.15) is 18.9 Å². The molecule has 132 valence electrons. The molecule has 2 unspecified atom stereocenters. The van der Waals surface area contributed by atoms with E-state index in [4.69, 9.17) is 17.3 Å². The summed E-state index contributed by atoms with van der Waals surface area (Å²) in [5.74, 6) is 0.437. The number of thioether (sulfide) groups is 1. The Morgan fingerprint density at radius 1 is 1.36 bits per heavy atom. The van der Waals surface area contributed by atoms with E-state index in [1.807, 2.05) is 31.2 Å². The Kier molecular flexibility index (Phi) is 5.48. The lowest BCUT2D eigenvalue weighted by molar-refractivity contribution is 0.482. The molecule has 4 nitrogen and oxygen atoms in total. The SMILES string of the molecule is CC1(c2cccc(N[S+]([O-])c3ccc(F)cc3Cl)c2)CCSC(N)=N1. The van der Waals surface area contributed by atoms with Gasteiger partial charge in [0.05, 0.1) is 11.2 Å². The summed E-state index contributed by atoms with van der Waals surface area (Å²) in [5.41, 5.74) is 7.13. The summed E-state index contributed by atoms with van der Waals surface area (Å²) in [7, 11) is 0. The Hall–Kier alpha value is -1.41. The molecule has 0 saturated carbocycles. The van der Waals surface area contributed by atoms with Gasteiger partial charge in [0.1, 0.15) is 22.2 Å². The zero-order valence-corrected chi connectivity index (χ0v) is 15.8. The highest BCUT2D eigenvalue weighted by Gasteiger charge is 2.30. The standard InChI is InChI=1S/C17H17ClFN3OS2/c1-17(7-8-24-16(20)21-17)11-3-2-4-13(9-11)22-25(23)15-6-5-12(19)10-14(15)18/h2-6,9-10,22H,7-8H2,1H3,(H2,20,21). The van der Waals surface area contributed by atoms with Crippen molar-refractivity contribution < 1.29 is 8.94 Å². The second-order valence-corrected chi connectivity index (χ2v) is 8.55.